The lowest BCUT2D eigenvalue weighted by atomic mass is 9.84. The molecular weight excluding hydrogens is 410 g/mol. The highest BCUT2D eigenvalue weighted by Crippen LogP contribution is 2.38. The molecule has 2 aromatic heterocycles. The van der Waals surface area contributed by atoms with Crippen LogP contribution >= 0.6 is 0 Å². The van der Waals surface area contributed by atoms with Gasteiger partial charge in [0.1, 0.15) is 5.82 Å². The molecule has 166 valence electrons. The second-order valence-corrected chi connectivity index (χ2v) is 8.50. The van der Waals surface area contributed by atoms with Crippen LogP contribution in [0.2, 0.25) is 0 Å². The van der Waals surface area contributed by atoms with Crippen molar-refractivity contribution in [3.05, 3.63) is 65.6 Å². The van der Waals surface area contributed by atoms with E-state index < -0.39 is 11.8 Å². The fraction of sp³-hybridized carbons (Fsp3) is 0.360. The summed E-state index contributed by atoms with van der Waals surface area (Å²) in [5.41, 5.74) is 10.9. The van der Waals surface area contributed by atoms with Gasteiger partial charge in [0.05, 0.1) is 0 Å². The molecule has 7 heteroatoms. The number of hydrogen-bond acceptors (Lipinski definition) is 5. The van der Waals surface area contributed by atoms with Crippen LogP contribution in [0.3, 0.4) is 0 Å². The molecule has 2 fully saturated rings. The Balaban J connectivity index is 1.57. The molecule has 32 heavy (non-hydrogen) atoms. The standard InChI is InChI=1S/C25H26F2N4O/c26-23-19(5-9-30-24(23)27)21-13-17(14-31-25(21)28)16-3-4-18(15-6-10-32-11-7-15)20(12-16)22-2-1-8-29-22/h3-5,9,12-15,22,29H,1-2,6-8,10-11H2,(H2,28,31)/t22-/m0/s1. The highest BCUT2D eigenvalue weighted by atomic mass is 19.2. The summed E-state index contributed by atoms with van der Waals surface area (Å²) >= 11 is 0. The third-order valence-corrected chi connectivity index (χ3v) is 6.57. The maximum Gasteiger partial charge on any atom is 0.249 e. The zero-order chi connectivity index (χ0) is 22.1. The first-order valence-corrected chi connectivity index (χ1v) is 11.1. The number of nitrogens with one attached hydrogen (secondary N) is 1. The zero-order valence-electron chi connectivity index (χ0n) is 17.8. The van der Waals surface area contributed by atoms with Crippen LogP contribution in [0.1, 0.15) is 48.8 Å². The summed E-state index contributed by atoms with van der Waals surface area (Å²) in [5.74, 6) is -1.54. The fourth-order valence-corrected chi connectivity index (χ4v) is 4.86. The van der Waals surface area contributed by atoms with Crippen LogP contribution in [-0.2, 0) is 4.74 Å². The van der Waals surface area contributed by atoms with Crippen molar-refractivity contribution in [1.82, 2.24) is 15.3 Å². The van der Waals surface area contributed by atoms with Crippen molar-refractivity contribution in [2.24, 2.45) is 0 Å². The van der Waals surface area contributed by atoms with E-state index in [4.69, 9.17) is 10.5 Å². The van der Waals surface area contributed by atoms with Gasteiger partial charge in [-0.25, -0.2) is 14.4 Å². The minimum atomic E-state index is -1.15. The largest absolute Gasteiger partial charge is 0.383 e. The molecule has 1 aromatic carbocycles. The van der Waals surface area contributed by atoms with Gasteiger partial charge in [0.2, 0.25) is 5.95 Å². The molecule has 4 heterocycles. The van der Waals surface area contributed by atoms with E-state index in [0.29, 0.717) is 17.5 Å². The lowest BCUT2D eigenvalue weighted by molar-refractivity contribution is 0.0851. The lowest BCUT2D eigenvalue weighted by Crippen LogP contribution is -2.19. The van der Waals surface area contributed by atoms with Crippen molar-refractivity contribution in [3.63, 3.8) is 0 Å². The first kappa shape index (κ1) is 21.0. The summed E-state index contributed by atoms with van der Waals surface area (Å²) in [5, 5.41) is 3.63. The van der Waals surface area contributed by atoms with Crippen molar-refractivity contribution in [1.29, 1.82) is 0 Å². The monoisotopic (exact) mass is 436 g/mol. The Kier molecular flexibility index (Phi) is 5.85. The van der Waals surface area contributed by atoms with Gasteiger partial charge in [0.25, 0.3) is 0 Å². The molecule has 1 atom stereocenters. The molecule has 3 N–H and O–H groups in total. The second-order valence-electron chi connectivity index (χ2n) is 8.50. The molecule has 0 amide bonds. The van der Waals surface area contributed by atoms with Crippen LogP contribution < -0.4 is 11.1 Å². The van der Waals surface area contributed by atoms with E-state index >= 15 is 0 Å². The fourth-order valence-electron chi connectivity index (χ4n) is 4.86. The minimum Gasteiger partial charge on any atom is -0.383 e. The number of aromatic nitrogens is 2. The summed E-state index contributed by atoms with van der Waals surface area (Å²) in [4.78, 5) is 7.64. The first-order chi connectivity index (χ1) is 15.6. The number of hydrogen-bond donors (Lipinski definition) is 2. The van der Waals surface area contributed by atoms with Crippen molar-refractivity contribution in [2.75, 3.05) is 25.5 Å². The Bertz CT molecular complexity index is 1120. The van der Waals surface area contributed by atoms with E-state index in [1.165, 1.54) is 23.4 Å². The number of nitrogens with two attached hydrogens (primary N) is 1. The van der Waals surface area contributed by atoms with Gasteiger partial charge in [0, 0.05) is 48.3 Å². The third-order valence-electron chi connectivity index (χ3n) is 6.57. The van der Waals surface area contributed by atoms with E-state index in [1.807, 2.05) is 0 Å². The molecule has 0 radical (unpaired) electrons. The highest BCUT2D eigenvalue weighted by Gasteiger charge is 2.25. The minimum absolute atomic E-state index is 0.0564. The first-order valence-electron chi connectivity index (χ1n) is 11.1. The summed E-state index contributed by atoms with van der Waals surface area (Å²) in [7, 11) is 0. The maximum atomic E-state index is 14.4. The Morgan fingerprint density at radius 2 is 1.78 bits per heavy atom. The summed E-state index contributed by atoms with van der Waals surface area (Å²) in [6, 6.07) is 10.0. The molecule has 0 saturated carbocycles. The quantitative estimate of drug-likeness (QED) is 0.564. The lowest BCUT2D eigenvalue weighted by Gasteiger charge is -2.27. The van der Waals surface area contributed by atoms with Crippen LogP contribution in [0.25, 0.3) is 22.3 Å². The van der Waals surface area contributed by atoms with Gasteiger partial charge in [-0.15, -0.1) is 0 Å². The normalized spacial score (nSPS) is 19.4. The Hall–Kier alpha value is -2.90. The van der Waals surface area contributed by atoms with Crippen molar-refractivity contribution >= 4 is 5.82 Å². The third kappa shape index (κ3) is 3.98. The number of nitrogen functional groups attached to an aromatic ring is 1. The van der Waals surface area contributed by atoms with Gasteiger partial charge in [-0.2, -0.15) is 4.39 Å². The van der Waals surface area contributed by atoms with E-state index in [0.717, 1.165) is 56.6 Å². The number of rotatable bonds is 4. The predicted molar refractivity (Wildman–Crippen MR) is 120 cm³/mol. The zero-order valence-corrected chi connectivity index (χ0v) is 17.8. The van der Waals surface area contributed by atoms with Crippen LogP contribution in [0.15, 0.2) is 42.7 Å². The summed E-state index contributed by atoms with van der Waals surface area (Å²) < 4.78 is 33.7. The Labute approximate surface area is 186 Å². The smallest absolute Gasteiger partial charge is 0.249 e. The number of ether oxygens (including phenoxy) is 1. The van der Waals surface area contributed by atoms with E-state index in [1.54, 1.807) is 12.3 Å². The second kappa shape index (κ2) is 8.92. The van der Waals surface area contributed by atoms with Crippen molar-refractivity contribution in [2.45, 2.75) is 37.6 Å². The van der Waals surface area contributed by atoms with Gasteiger partial charge >= 0.3 is 0 Å². The Morgan fingerprint density at radius 1 is 0.938 bits per heavy atom. The molecule has 0 unspecified atom stereocenters. The highest BCUT2D eigenvalue weighted by molar-refractivity contribution is 5.79. The van der Waals surface area contributed by atoms with E-state index in [2.05, 4.69) is 33.5 Å². The molecule has 0 spiro atoms. The average Bonchev–Trinajstić information content (AvgIpc) is 3.37. The summed E-state index contributed by atoms with van der Waals surface area (Å²) in [6.45, 7) is 2.61. The van der Waals surface area contributed by atoms with Crippen molar-refractivity contribution < 1.29 is 13.5 Å². The number of halogens is 2. The number of benzene rings is 1. The average molecular weight is 437 g/mol. The van der Waals surface area contributed by atoms with E-state index in [-0.39, 0.29) is 11.4 Å². The molecule has 5 rings (SSSR count). The van der Waals surface area contributed by atoms with Gasteiger partial charge in [-0.3, -0.25) is 0 Å². The van der Waals surface area contributed by atoms with Crippen LogP contribution in [-0.4, -0.2) is 29.7 Å². The number of pyridine rings is 2. The molecule has 2 saturated heterocycles. The summed E-state index contributed by atoms with van der Waals surface area (Å²) in [6.07, 6.45) is 7.23. The maximum absolute atomic E-state index is 14.4. The van der Waals surface area contributed by atoms with Gasteiger partial charge < -0.3 is 15.8 Å². The molecule has 2 aliphatic heterocycles. The van der Waals surface area contributed by atoms with Crippen molar-refractivity contribution in [3.8, 4) is 22.3 Å². The SMILES string of the molecule is Nc1ncc(-c2ccc(C3CCOCC3)c([C@@H]3CCCN3)c2)cc1-c1ccnc(F)c1F. The van der Waals surface area contributed by atoms with E-state index in [9.17, 15) is 8.78 Å². The van der Waals surface area contributed by atoms with Crippen LogP contribution in [0.4, 0.5) is 14.6 Å². The van der Waals surface area contributed by atoms with Crippen LogP contribution in [0.5, 0.6) is 0 Å². The molecule has 2 aliphatic rings. The molecule has 5 nitrogen and oxygen atoms in total. The van der Waals surface area contributed by atoms with Crippen LogP contribution in [0, 0.1) is 11.8 Å². The molecule has 0 bridgehead atoms. The molecule has 0 aliphatic carbocycles. The van der Waals surface area contributed by atoms with Gasteiger partial charge in [-0.05, 0) is 73.0 Å². The Morgan fingerprint density at radius 3 is 2.56 bits per heavy atom. The molecule has 3 aromatic rings. The molecular formula is C25H26F2N4O. The predicted octanol–water partition coefficient (Wildman–Crippen LogP) is 4.99. The number of anilines is 1. The van der Waals surface area contributed by atoms with Gasteiger partial charge in [0.15, 0.2) is 5.82 Å². The topological polar surface area (TPSA) is 73.1 Å². The number of nitrogens with zero attached hydrogens (tertiary/aromatic N) is 2. The van der Waals surface area contributed by atoms with Gasteiger partial charge in [-0.1, -0.05) is 12.1 Å².